The Morgan fingerprint density at radius 1 is 1.22 bits per heavy atom. The highest BCUT2D eigenvalue weighted by atomic mass is 19.4. The van der Waals surface area contributed by atoms with Crippen molar-refractivity contribution in [1.29, 1.82) is 0 Å². The summed E-state index contributed by atoms with van der Waals surface area (Å²) in [6, 6.07) is 5.80. The van der Waals surface area contributed by atoms with Gasteiger partial charge in [-0.1, -0.05) is 12.1 Å². The van der Waals surface area contributed by atoms with Gasteiger partial charge in [0.05, 0.1) is 6.54 Å². The van der Waals surface area contributed by atoms with E-state index in [0.29, 0.717) is 37.8 Å². The normalized spacial score (nSPS) is 14.9. The van der Waals surface area contributed by atoms with E-state index in [4.69, 9.17) is 0 Å². The molecule has 0 radical (unpaired) electrons. The third-order valence-corrected chi connectivity index (χ3v) is 4.02. The fourth-order valence-corrected chi connectivity index (χ4v) is 2.89. The summed E-state index contributed by atoms with van der Waals surface area (Å²) in [5.74, 6) is 0.488. The van der Waals surface area contributed by atoms with Gasteiger partial charge in [-0.05, 0) is 31.5 Å². The Morgan fingerprint density at radius 2 is 1.93 bits per heavy atom. The van der Waals surface area contributed by atoms with E-state index < -0.39 is 6.36 Å². The molecule has 0 unspecified atom stereocenters. The molecule has 1 aromatic carbocycles. The lowest BCUT2D eigenvalue weighted by atomic mass is 10.2. The van der Waals surface area contributed by atoms with Crippen LogP contribution >= 0.6 is 0 Å². The highest BCUT2D eigenvalue weighted by molar-refractivity contribution is 5.90. The molecule has 10 heteroatoms. The standard InChI is InChI=1S/C17H20F3N5O2/c1-11(2)21-16(26)15-23-22-14-10-24(7-8-25(14)15)9-12-3-5-13(6-4-12)27-17(18,19)20/h3-6,11H,7-10H2,1-2H3,(H,21,26). The molecule has 7 nitrogen and oxygen atoms in total. The Balaban J connectivity index is 1.62. The molecule has 0 spiro atoms. The molecule has 27 heavy (non-hydrogen) atoms. The number of amides is 1. The molecule has 0 saturated carbocycles. The summed E-state index contributed by atoms with van der Waals surface area (Å²) in [4.78, 5) is 14.2. The number of halogens is 3. The van der Waals surface area contributed by atoms with Crippen LogP contribution in [0.3, 0.4) is 0 Å². The van der Waals surface area contributed by atoms with Gasteiger partial charge in [-0.15, -0.1) is 23.4 Å². The van der Waals surface area contributed by atoms with Crippen molar-refractivity contribution in [3.63, 3.8) is 0 Å². The van der Waals surface area contributed by atoms with Crippen LogP contribution in [0.4, 0.5) is 13.2 Å². The van der Waals surface area contributed by atoms with Crippen LogP contribution in [-0.4, -0.2) is 44.5 Å². The molecule has 0 saturated heterocycles. The summed E-state index contributed by atoms with van der Waals surface area (Å²) in [6.07, 6.45) is -4.70. The van der Waals surface area contributed by atoms with Gasteiger partial charge in [0.2, 0.25) is 5.82 Å². The Kier molecular flexibility index (Phi) is 5.36. The summed E-state index contributed by atoms with van der Waals surface area (Å²) in [6.45, 7) is 6.04. The SMILES string of the molecule is CC(C)NC(=O)c1nnc2n1CCN(Cc1ccc(OC(F)(F)F)cc1)C2. The maximum atomic E-state index is 12.2. The Labute approximate surface area is 154 Å². The molecule has 1 amide bonds. The van der Waals surface area contributed by atoms with E-state index in [-0.39, 0.29) is 17.7 Å². The number of nitrogens with zero attached hydrogens (tertiary/aromatic N) is 4. The van der Waals surface area contributed by atoms with Gasteiger partial charge in [0, 0.05) is 25.7 Å². The van der Waals surface area contributed by atoms with E-state index in [1.165, 1.54) is 12.1 Å². The minimum Gasteiger partial charge on any atom is -0.406 e. The van der Waals surface area contributed by atoms with Gasteiger partial charge in [-0.3, -0.25) is 9.69 Å². The second-order valence-electron chi connectivity index (χ2n) is 6.62. The summed E-state index contributed by atoms with van der Waals surface area (Å²) >= 11 is 0. The summed E-state index contributed by atoms with van der Waals surface area (Å²) < 4.78 is 42.3. The Bertz CT molecular complexity index is 802. The number of nitrogens with one attached hydrogen (secondary N) is 1. The number of hydrogen-bond acceptors (Lipinski definition) is 5. The second kappa shape index (κ2) is 7.55. The molecule has 3 rings (SSSR count). The third-order valence-electron chi connectivity index (χ3n) is 4.02. The number of carbonyl (C=O) groups is 1. The molecule has 1 N–H and O–H groups in total. The smallest absolute Gasteiger partial charge is 0.406 e. The molecular weight excluding hydrogens is 363 g/mol. The van der Waals surface area contributed by atoms with Crippen LogP contribution in [0.5, 0.6) is 5.75 Å². The van der Waals surface area contributed by atoms with Gasteiger partial charge >= 0.3 is 6.36 Å². The molecule has 1 aliphatic heterocycles. The van der Waals surface area contributed by atoms with Crippen molar-refractivity contribution in [2.45, 2.75) is 45.9 Å². The van der Waals surface area contributed by atoms with Crippen LogP contribution in [0.1, 0.15) is 35.9 Å². The zero-order valence-corrected chi connectivity index (χ0v) is 15.0. The molecule has 2 heterocycles. The first-order valence-electron chi connectivity index (χ1n) is 8.51. The fourth-order valence-electron chi connectivity index (χ4n) is 2.89. The maximum absolute atomic E-state index is 12.2. The lowest BCUT2D eigenvalue weighted by Crippen LogP contribution is -2.37. The predicted octanol–water partition coefficient (Wildman–Crippen LogP) is 2.33. The van der Waals surface area contributed by atoms with Gasteiger partial charge in [-0.2, -0.15) is 0 Å². The van der Waals surface area contributed by atoms with E-state index in [1.54, 1.807) is 16.7 Å². The molecule has 1 aliphatic rings. The zero-order valence-electron chi connectivity index (χ0n) is 15.0. The average molecular weight is 383 g/mol. The molecule has 0 fully saturated rings. The molecule has 0 aliphatic carbocycles. The molecular formula is C17H20F3N5O2. The molecule has 2 aromatic rings. The number of ether oxygens (including phenoxy) is 1. The lowest BCUT2D eigenvalue weighted by molar-refractivity contribution is -0.274. The summed E-state index contributed by atoms with van der Waals surface area (Å²) in [5, 5.41) is 10.9. The van der Waals surface area contributed by atoms with E-state index in [2.05, 4.69) is 25.2 Å². The van der Waals surface area contributed by atoms with Gasteiger partial charge in [-0.25, -0.2) is 0 Å². The lowest BCUT2D eigenvalue weighted by Gasteiger charge is -2.27. The molecule has 146 valence electrons. The maximum Gasteiger partial charge on any atom is 0.573 e. The first kappa shape index (κ1) is 19.2. The van der Waals surface area contributed by atoms with Crippen LogP contribution in [-0.2, 0) is 19.6 Å². The van der Waals surface area contributed by atoms with Gasteiger partial charge < -0.3 is 14.6 Å². The fraction of sp³-hybridized carbons (Fsp3) is 0.471. The van der Waals surface area contributed by atoms with Crippen molar-refractivity contribution in [2.24, 2.45) is 0 Å². The minimum atomic E-state index is -4.70. The summed E-state index contributed by atoms with van der Waals surface area (Å²) in [5.41, 5.74) is 0.857. The number of rotatable bonds is 5. The van der Waals surface area contributed by atoms with Crippen LogP contribution in [0.15, 0.2) is 24.3 Å². The van der Waals surface area contributed by atoms with Crippen molar-refractivity contribution in [2.75, 3.05) is 6.54 Å². The van der Waals surface area contributed by atoms with Crippen molar-refractivity contribution in [3.8, 4) is 5.75 Å². The zero-order chi connectivity index (χ0) is 19.6. The first-order chi connectivity index (χ1) is 12.7. The Hall–Kier alpha value is -2.62. The van der Waals surface area contributed by atoms with Crippen molar-refractivity contribution in [1.82, 2.24) is 25.0 Å². The minimum absolute atomic E-state index is 0.00911. The number of carbonyl (C=O) groups excluding carboxylic acids is 1. The van der Waals surface area contributed by atoms with Gasteiger partial charge in [0.15, 0.2) is 0 Å². The van der Waals surface area contributed by atoms with Crippen LogP contribution in [0, 0.1) is 0 Å². The average Bonchev–Trinajstić information content (AvgIpc) is 2.98. The highest BCUT2D eigenvalue weighted by Gasteiger charge is 2.31. The molecule has 0 atom stereocenters. The van der Waals surface area contributed by atoms with Gasteiger partial charge in [0.25, 0.3) is 5.91 Å². The highest BCUT2D eigenvalue weighted by Crippen LogP contribution is 2.23. The van der Waals surface area contributed by atoms with Crippen LogP contribution in [0.25, 0.3) is 0 Å². The number of fused-ring (bicyclic) bond motifs is 1. The van der Waals surface area contributed by atoms with Crippen LogP contribution < -0.4 is 10.1 Å². The largest absolute Gasteiger partial charge is 0.573 e. The van der Waals surface area contributed by atoms with Crippen LogP contribution in [0.2, 0.25) is 0 Å². The van der Waals surface area contributed by atoms with Crippen molar-refractivity contribution >= 4 is 5.91 Å². The first-order valence-corrected chi connectivity index (χ1v) is 8.51. The van der Waals surface area contributed by atoms with E-state index in [0.717, 1.165) is 5.56 Å². The van der Waals surface area contributed by atoms with Crippen molar-refractivity contribution < 1.29 is 22.7 Å². The second-order valence-corrected chi connectivity index (χ2v) is 6.62. The van der Waals surface area contributed by atoms with E-state index in [9.17, 15) is 18.0 Å². The quantitative estimate of drug-likeness (QED) is 0.858. The number of alkyl halides is 3. The monoisotopic (exact) mass is 383 g/mol. The van der Waals surface area contributed by atoms with Crippen molar-refractivity contribution in [3.05, 3.63) is 41.5 Å². The topological polar surface area (TPSA) is 72.3 Å². The molecule has 0 bridgehead atoms. The predicted molar refractivity (Wildman–Crippen MR) is 89.9 cm³/mol. The third kappa shape index (κ3) is 4.97. The molecule has 1 aromatic heterocycles. The number of benzene rings is 1. The van der Waals surface area contributed by atoms with E-state index >= 15 is 0 Å². The Morgan fingerprint density at radius 3 is 2.56 bits per heavy atom. The van der Waals surface area contributed by atoms with Gasteiger partial charge in [0.1, 0.15) is 11.6 Å². The number of aromatic nitrogens is 3. The number of hydrogen-bond donors (Lipinski definition) is 1. The summed E-state index contributed by atoms with van der Waals surface area (Å²) in [7, 11) is 0. The van der Waals surface area contributed by atoms with E-state index in [1.807, 2.05) is 13.8 Å².